The Kier molecular flexibility index (Phi) is 3.10. The second-order valence-corrected chi connectivity index (χ2v) is 3.93. The Morgan fingerprint density at radius 1 is 1.53 bits per heavy atom. The van der Waals surface area contributed by atoms with Crippen molar-refractivity contribution in [3.63, 3.8) is 0 Å². The topological polar surface area (TPSA) is 82.3 Å². The van der Waals surface area contributed by atoms with E-state index < -0.39 is 5.69 Å². The summed E-state index contributed by atoms with van der Waals surface area (Å²) >= 11 is 0. The Morgan fingerprint density at radius 3 is 2.82 bits per heavy atom. The summed E-state index contributed by atoms with van der Waals surface area (Å²) in [6.45, 7) is 0.922. The van der Waals surface area contributed by atoms with Gasteiger partial charge in [-0.05, 0) is 0 Å². The van der Waals surface area contributed by atoms with E-state index in [4.69, 9.17) is 4.74 Å². The Labute approximate surface area is 96.6 Å². The summed E-state index contributed by atoms with van der Waals surface area (Å²) in [5, 5.41) is 2.72. The van der Waals surface area contributed by atoms with Crippen LogP contribution in [0.5, 0.6) is 0 Å². The highest BCUT2D eigenvalue weighted by Crippen LogP contribution is 1.98. The van der Waals surface area contributed by atoms with Crippen LogP contribution in [0.4, 0.5) is 0 Å². The molecule has 0 atom stereocenters. The molecule has 0 bridgehead atoms. The second-order valence-electron chi connectivity index (χ2n) is 3.93. The molecule has 0 spiro atoms. The lowest BCUT2D eigenvalue weighted by Gasteiger charge is -2.26. The fourth-order valence-electron chi connectivity index (χ4n) is 1.48. The fraction of sp³-hybridized carbons (Fsp3) is 0.500. The number of amides is 1. The van der Waals surface area contributed by atoms with E-state index in [0.717, 1.165) is 4.57 Å². The van der Waals surface area contributed by atoms with Crippen LogP contribution in [0.2, 0.25) is 0 Å². The van der Waals surface area contributed by atoms with Crippen LogP contribution in [-0.2, 0) is 23.1 Å². The van der Waals surface area contributed by atoms with Crippen molar-refractivity contribution in [2.45, 2.75) is 12.6 Å². The highest BCUT2D eigenvalue weighted by molar-refractivity contribution is 5.76. The maximum atomic E-state index is 11.6. The zero-order valence-electron chi connectivity index (χ0n) is 9.38. The molecular weight excluding hydrogens is 226 g/mol. The standard InChI is InChI=1S/C10H13N3O4/c1-12-9(15)2-3-13(10(12)16)4-8(14)11-7-5-17-6-7/h2-3,7H,4-6H2,1H3,(H,11,14). The molecule has 1 saturated heterocycles. The van der Waals surface area contributed by atoms with Crippen LogP contribution in [0.15, 0.2) is 21.9 Å². The molecule has 7 heteroatoms. The van der Waals surface area contributed by atoms with Gasteiger partial charge in [-0.3, -0.25) is 18.7 Å². The predicted octanol–water partition coefficient (Wildman–Crippen LogP) is -1.94. The van der Waals surface area contributed by atoms with Crippen molar-refractivity contribution >= 4 is 5.91 Å². The van der Waals surface area contributed by atoms with E-state index in [1.807, 2.05) is 0 Å². The number of rotatable bonds is 3. The first kappa shape index (κ1) is 11.6. The van der Waals surface area contributed by atoms with Gasteiger partial charge in [-0.15, -0.1) is 0 Å². The van der Waals surface area contributed by atoms with Gasteiger partial charge in [0.25, 0.3) is 5.56 Å². The molecule has 1 fully saturated rings. The van der Waals surface area contributed by atoms with E-state index >= 15 is 0 Å². The molecule has 0 radical (unpaired) electrons. The van der Waals surface area contributed by atoms with Gasteiger partial charge in [0.15, 0.2) is 0 Å². The maximum absolute atomic E-state index is 11.6. The summed E-state index contributed by atoms with van der Waals surface area (Å²) in [5.74, 6) is -0.265. The summed E-state index contributed by atoms with van der Waals surface area (Å²) in [4.78, 5) is 34.3. The van der Waals surface area contributed by atoms with Crippen molar-refractivity contribution < 1.29 is 9.53 Å². The van der Waals surface area contributed by atoms with Crippen LogP contribution >= 0.6 is 0 Å². The summed E-state index contributed by atoms with van der Waals surface area (Å²) in [6, 6.07) is 1.28. The third-order valence-corrected chi connectivity index (χ3v) is 2.58. The van der Waals surface area contributed by atoms with Crippen LogP contribution in [0.1, 0.15) is 0 Å². The van der Waals surface area contributed by atoms with E-state index in [2.05, 4.69) is 5.32 Å². The first-order valence-electron chi connectivity index (χ1n) is 5.21. The van der Waals surface area contributed by atoms with E-state index in [-0.39, 0.29) is 24.1 Å². The highest BCUT2D eigenvalue weighted by atomic mass is 16.5. The second kappa shape index (κ2) is 4.54. The minimum Gasteiger partial charge on any atom is -0.377 e. The summed E-state index contributed by atoms with van der Waals surface area (Å²) in [6.07, 6.45) is 1.32. The van der Waals surface area contributed by atoms with Crippen molar-refractivity contribution in [3.8, 4) is 0 Å². The molecule has 1 amide bonds. The van der Waals surface area contributed by atoms with Gasteiger partial charge in [-0.25, -0.2) is 4.79 Å². The van der Waals surface area contributed by atoms with Gasteiger partial charge in [-0.2, -0.15) is 0 Å². The Morgan fingerprint density at radius 2 is 2.24 bits per heavy atom. The van der Waals surface area contributed by atoms with E-state index in [1.54, 1.807) is 0 Å². The average Bonchev–Trinajstić information content (AvgIpc) is 2.25. The van der Waals surface area contributed by atoms with E-state index in [1.165, 1.54) is 23.9 Å². The minimum atomic E-state index is -0.502. The van der Waals surface area contributed by atoms with Gasteiger partial charge in [0.05, 0.1) is 19.3 Å². The molecule has 2 heterocycles. The first-order valence-corrected chi connectivity index (χ1v) is 5.21. The van der Waals surface area contributed by atoms with Crippen LogP contribution in [0.25, 0.3) is 0 Å². The van der Waals surface area contributed by atoms with Crippen molar-refractivity contribution in [2.75, 3.05) is 13.2 Å². The van der Waals surface area contributed by atoms with Gasteiger partial charge >= 0.3 is 5.69 Å². The molecule has 1 aromatic heterocycles. The minimum absolute atomic E-state index is 0.0331. The van der Waals surface area contributed by atoms with Crippen molar-refractivity contribution in [2.24, 2.45) is 7.05 Å². The van der Waals surface area contributed by atoms with Crippen molar-refractivity contribution in [1.82, 2.24) is 14.5 Å². The highest BCUT2D eigenvalue weighted by Gasteiger charge is 2.20. The number of hydrogen-bond donors (Lipinski definition) is 1. The van der Waals surface area contributed by atoms with Gasteiger partial charge < -0.3 is 10.1 Å². The van der Waals surface area contributed by atoms with Gasteiger partial charge in [0, 0.05) is 19.3 Å². The van der Waals surface area contributed by atoms with Crippen LogP contribution in [0, 0.1) is 0 Å². The van der Waals surface area contributed by atoms with Crippen LogP contribution in [-0.4, -0.2) is 34.3 Å². The molecule has 1 aliphatic rings. The normalized spacial score (nSPS) is 15.4. The Balaban J connectivity index is 2.08. The van der Waals surface area contributed by atoms with E-state index in [0.29, 0.717) is 13.2 Å². The van der Waals surface area contributed by atoms with Gasteiger partial charge in [-0.1, -0.05) is 0 Å². The largest absolute Gasteiger partial charge is 0.377 e. The molecule has 2 rings (SSSR count). The fourth-order valence-corrected chi connectivity index (χ4v) is 1.48. The molecule has 0 unspecified atom stereocenters. The molecule has 92 valence electrons. The Bertz CT molecular complexity index is 541. The van der Waals surface area contributed by atoms with Crippen molar-refractivity contribution in [1.29, 1.82) is 0 Å². The number of nitrogens with zero attached hydrogens (tertiary/aromatic N) is 2. The molecule has 7 nitrogen and oxygen atoms in total. The molecule has 1 N–H and O–H groups in total. The molecular formula is C10H13N3O4. The quantitative estimate of drug-likeness (QED) is 0.665. The summed E-state index contributed by atoms with van der Waals surface area (Å²) < 4.78 is 7.06. The van der Waals surface area contributed by atoms with E-state index in [9.17, 15) is 14.4 Å². The number of carbonyl (C=O) groups excluding carboxylic acids is 1. The summed E-state index contributed by atoms with van der Waals surface area (Å²) in [5.41, 5.74) is -0.892. The lowest BCUT2D eigenvalue weighted by atomic mass is 10.2. The van der Waals surface area contributed by atoms with Crippen molar-refractivity contribution in [3.05, 3.63) is 33.1 Å². The number of ether oxygens (including phenoxy) is 1. The zero-order valence-corrected chi connectivity index (χ0v) is 9.38. The number of hydrogen-bond acceptors (Lipinski definition) is 4. The lowest BCUT2D eigenvalue weighted by Crippen LogP contribution is -2.50. The van der Waals surface area contributed by atoms with Crippen LogP contribution < -0.4 is 16.6 Å². The number of aromatic nitrogens is 2. The zero-order chi connectivity index (χ0) is 12.4. The SMILES string of the molecule is Cn1c(=O)ccn(CC(=O)NC2COC2)c1=O. The van der Waals surface area contributed by atoms with Crippen LogP contribution in [0.3, 0.4) is 0 Å². The summed E-state index contributed by atoms with van der Waals surface area (Å²) in [7, 11) is 1.37. The van der Waals surface area contributed by atoms with Gasteiger partial charge in [0.1, 0.15) is 6.54 Å². The number of carbonyl (C=O) groups is 1. The molecule has 1 aliphatic heterocycles. The first-order chi connectivity index (χ1) is 8.08. The lowest BCUT2D eigenvalue weighted by molar-refractivity contribution is -0.125. The molecule has 0 aromatic carbocycles. The molecule has 1 aromatic rings. The number of nitrogens with one attached hydrogen (secondary N) is 1. The smallest absolute Gasteiger partial charge is 0.331 e. The average molecular weight is 239 g/mol. The Hall–Kier alpha value is -1.89. The predicted molar refractivity (Wildman–Crippen MR) is 58.7 cm³/mol. The third kappa shape index (κ3) is 2.44. The van der Waals surface area contributed by atoms with Gasteiger partial charge in [0.2, 0.25) is 5.91 Å². The molecule has 0 saturated carbocycles. The molecule has 0 aliphatic carbocycles. The molecule has 17 heavy (non-hydrogen) atoms. The monoisotopic (exact) mass is 239 g/mol. The third-order valence-electron chi connectivity index (χ3n) is 2.58. The maximum Gasteiger partial charge on any atom is 0.331 e.